The number of carboxylic acid groups (broad SMARTS) is 1. The van der Waals surface area contributed by atoms with E-state index in [4.69, 9.17) is 5.11 Å². The van der Waals surface area contributed by atoms with E-state index in [2.05, 4.69) is 9.97 Å². The van der Waals surface area contributed by atoms with Crippen molar-refractivity contribution < 1.29 is 18.7 Å². The van der Waals surface area contributed by atoms with Crippen LogP contribution in [0.4, 0.5) is 0 Å². The van der Waals surface area contributed by atoms with Gasteiger partial charge in [-0.3, -0.25) is 9.00 Å². The molecule has 0 aliphatic carbocycles. The largest absolute Gasteiger partial charge is 0.481 e. The molecule has 0 aromatic carbocycles. The van der Waals surface area contributed by atoms with Crippen LogP contribution in [0.2, 0.25) is 0 Å². The van der Waals surface area contributed by atoms with Gasteiger partial charge in [0.1, 0.15) is 0 Å². The number of nitrogens with zero attached hydrogens (tertiary/aromatic N) is 3. The number of carbonyl (C=O) groups is 1. The van der Waals surface area contributed by atoms with Crippen LogP contribution in [0.3, 0.4) is 0 Å². The fraction of sp³-hybridized carbons (Fsp3) is 0.231. The second-order valence-electron chi connectivity index (χ2n) is 4.09. The Morgan fingerprint density at radius 2 is 1.90 bits per heavy atom. The third-order valence-corrected chi connectivity index (χ3v) is 3.80. The summed E-state index contributed by atoms with van der Waals surface area (Å²) in [6.45, 7) is 0. The number of rotatable bonds is 6. The molecule has 104 valence electrons. The summed E-state index contributed by atoms with van der Waals surface area (Å²) in [6.07, 6.45) is 6.83. The molecule has 6 nitrogen and oxygen atoms in total. The zero-order chi connectivity index (χ0) is 14.4. The molecule has 7 heteroatoms. The van der Waals surface area contributed by atoms with E-state index in [1.54, 1.807) is 35.4 Å². The van der Waals surface area contributed by atoms with Crippen molar-refractivity contribution in [2.45, 2.75) is 12.3 Å². The van der Waals surface area contributed by atoms with E-state index < -0.39 is 16.8 Å². The first-order chi connectivity index (χ1) is 9.65. The third-order valence-electron chi connectivity index (χ3n) is 2.55. The summed E-state index contributed by atoms with van der Waals surface area (Å²) in [6, 6.07) is 5.42. The Labute approximate surface area is 118 Å². The van der Waals surface area contributed by atoms with Crippen LogP contribution < -0.4 is 4.57 Å². The Kier molecular flexibility index (Phi) is 4.89. The molecule has 1 unspecified atom stereocenters. The van der Waals surface area contributed by atoms with E-state index in [1.165, 1.54) is 0 Å². The zero-order valence-corrected chi connectivity index (χ0v) is 11.5. The fourth-order valence-electron chi connectivity index (χ4n) is 1.57. The molecule has 0 saturated carbocycles. The quantitative estimate of drug-likeness (QED) is 0.789. The highest BCUT2D eigenvalue weighted by atomic mass is 32.2. The van der Waals surface area contributed by atoms with Gasteiger partial charge in [0.15, 0.2) is 18.2 Å². The SMILES string of the molecule is O=C(O)CCS(=O)C[n+]1ccc(-c2ncccn2)cc1. The summed E-state index contributed by atoms with van der Waals surface area (Å²) in [5, 5.41) is 8.54. The molecule has 20 heavy (non-hydrogen) atoms. The first-order valence-electron chi connectivity index (χ1n) is 5.98. The molecule has 0 spiro atoms. The number of carboxylic acids is 1. The van der Waals surface area contributed by atoms with Crippen molar-refractivity contribution in [1.29, 1.82) is 0 Å². The predicted molar refractivity (Wildman–Crippen MR) is 72.9 cm³/mol. The lowest BCUT2D eigenvalue weighted by Crippen LogP contribution is -2.35. The molecule has 2 heterocycles. The molecule has 1 N–H and O–H groups in total. The molecule has 0 aliphatic rings. The van der Waals surface area contributed by atoms with Gasteiger partial charge >= 0.3 is 5.97 Å². The summed E-state index contributed by atoms with van der Waals surface area (Å²) < 4.78 is 13.4. The number of hydrogen-bond acceptors (Lipinski definition) is 4. The molecule has 0 amide bonds. The van der Waals surface area contributed by atoms with Crippen LogP contribution in [-0.2, 0) is 21.5 Å². The topological polar surface area (TPSA) is 84.0 Å². The van der Waals surface area contributed by atoms with E-state index in [0.29, 0.717) is 5.82 Å². The van der Waals surface area contributed by atoms with E-state index >= 15 is 0 Å². The van der Waals surface area contributed by atoms with Crippen LogP contribution in [-0.4, -0.2) is 31.0 Å². The number of hydrogen-bond donors (Lipinski definition) is 1. The number of aliphatic carboxylic acids is 1. The number of aromatic nitrogens is 3. The average molecular weight is 292 g/mol. The standard InChI is InChI=1S/C13H13N3O3S/c17-12(18)4-9-20(19)10-16-7-2-11(3-8-16)13-14-5-1-6-15-13/h1-3,5-8H,4,9-10H2/p+1. The highest BCUT2D eigenvalue weighted by Gasteiger charge is 2.10. The van der Waals surface area contributed by atoms with Gasteiger partial charge in [0.05, 0.1) is 17.2 Å². The smallest absolute Gasteiger partial charge is 0.304 e. The van der Waals surface area contributed by atoms with Gasteiger partial charge in [0.25, 0.3) is 0 Å². The molecule has 2 aromatic heterocycles. The minimum Gasteiger partial charge on any atom is -0.481 e. The molecule has 0 saturated heterocycles. The summed E-state index contributed by atoms with van der Waals surface area (Å²) in [5.74, 6) is 0.140. The van der Waals surface area contributed by atoms with Gasteiger partial charge in [-0.15, -0.1) is 0 Å². The summed E-state index contributed by atoms with van der Waals surface area (Å²) in [7, 11) is -1.19. The van der Waals surface area contributed by atoms with Crippen LogP contribution in [0.1, 0.15) is 6.42 Å². The van der Waals surface area contributed by atoms with Crippen molar-refractivity contribution in [1.82, 2.24) is 9.97 Å². The first kappa shape index (κ1) is 14.3. The predicted octanol–water partition coefficient (Wildman–Crippen LogP) is 0.612. The maximum Gasteiger partial charge on any atom is 0.304 e. The van der Waals surface area contributed by atoms with Crippen LogP contribution in [0.25, 0.3) is 11.4 Å². The van der Waals surface area contributed by atoms with Crippen molar-refractivity contribution in [3.8, 4) is 11.4 Å². The zero-order valence-electron chi connectivity index (χ0n) is 10.7. The molecule has 0 fully saturated rings. The summed E-state index contributed by atoms with van der Waals surface area (Å²) >= 11 is 0. The minimum atomic E-state index is -1.19. The molecule has 0 aliphatic heterocycles. The normalized spacial score (nSPS) is 12.0. The minimum absolute atomic E-state index is 0.0802. The second-order valence-corrected chi connectivity index (χ2v) is 5.64. The van der Waals surface area contributed by atoms with Crippen LogP contribution in [0, 0.1) is 0 Å². The van der Waals surface area contributed by atoms with Gasteiger partial charge in [0, 0.05) is 35.8 Å². The molecule has 0 bridgehead atoms. The van der Waals surface area contributed by atoms with Crippen LogP contribution >= 0.6 is 0 Å². The van der Waals surface area contributed by atoms with Gasteiger partial charge in [-0.1, -0.05) is 0 Å². The Hall–Kier alpha value is -2.15. The van der Waals surface area contributed by atoms with Crippen molar-refractivity contribution in [3.63, 3.8) is 0 Å². The highest BCUT2D eigenvalue weighted by molar-refractivity contribution is 7.83. The van der Waals surface area contributed by atoms with Crippen LogP contribution in [0.15, 0.2) is 43.0 Å². The summed E-state index contributed by atoms with van der Waals surface area (Å²) in [4.78, 5) is 18.7. The molecule has 1 atom stereocenters. The Morgan fingerprint density at radius 3 is 2.50 bits per heavy atom. The Morgan fingerprint density at radius 1 is 1.25 bits per heavy atom. The fourth-order valence-corrected chi connectivity index (χ4v) is 2.61. The van der Waals surface area contributed by atoms with Gasteiger partial charge < -0.3 is 5.11 Å². The molecular weight excluding hydrogens is 278 g/mol. The van der Waals surface area contributed by atoms with Crippen molar-refractivity contribution in [2.24, 2.45) is 0 Å². The van der Waals surface area contributed by atoms with Crippen molar-refractivity contribution in [2.75, 3.05) is 5.75 Å². The average Bonchev–Trinajstić information content (AvgIpc) is 2.47. The highest BCUT2D eigenvalue weighted by Crippen LogP contribution is 2.10. The maximum absolute atomic E-state index is 11.7. The van der Waals surface area contributed by atoms with E-state index in [0.717, 1.165) is 5.56 Å². The van der Waals surface area contributed by atoms with Crippen molar-refractivity contribution >= 4 is 16.8 Å². The molecule has 2 aromatic rings. The molecule has 2 rings (SSSR count). The monoisotopic (exact) mass is 292 g/mol. The van der Waals surface area contributed by atoms with Gasteiger partial charge in [-0.2, -0.15) is 4.57 Å². The number of pyridine rings is 1. The Bertz CT molecular complexity index is 602. The lowest BCUT2D eigenvalue weighted by molar-refractivity contribution is -0.676. The lowest BCUT2D eigenvalue weighted by atomic mass is 10.2. The van der Waals surface area contributed by atoms with Crippen LogP contribution in [0.5, 0.6) is 0 Å². The maximum atomic E-state index is 11.7. The molecular formula is C13H14N3O3S+. The molecule has 0 radical (unpaired) electrons. The van der Waals surface area contributed by atoms with Crippen molar-refractivity contribution in [3.05, 3.63) is 43.0 Å². The lowest BCUT2D eigenvalue weighted by Gasteiger charge is -1.99. The first-order valence-corrected chi connectivity index (χ1v) is 7.47. The van der Waals surface area contributed by atoms with Gasteiger partial charge in [0.2, 0.25) is 5.88 Å². The van der Waals surface area contributed by atoms with E-state index in [1.807, 2.05) is 12.1 Å². The summed E-state index contributed by atoms with van der Waals surface area (Å²) in [5.41, 5.74) is 0.873. The van der Waals surface area contributed by atoms with E-state index in [-0.39, 0.29) is 18.1 Å². The second kappa shape index (κ2) is 6.85. The van der Waals surface area contributed by atoms with Gasteiger partial charge in [-0.05, 0) is 6.07 Å². The van der Waals surface area contributed by atoms with Gasteiger partial charge in [-0.25, -0.2) is 9.97 Å². The Balaban J connectivity index is 1.98. The van der Waals surface area contributed by atoms with E-state index in [9.17, 15) is 9.00 Å². The third kappa shape index (κ3) is 4.20.